The van der Waals surface area contributed by atoms with E-state index in [1.54, 1.807) is 0 Å². The molecule has 2 heteroatoms. The number of rotatable bonds is 9. The Labute approximate surface area is 360 Å². The zero-order valence-electron chi connectivity index (χ0n) is 34.7. The van der Waals surface area contributed by atoms with Gasteiger partial charge in [-0.1, -0.05) is 189 Å². The lowest BCUT2D eigenvalue weighted by Crippen LogP contribution is -2.10. The fraction of sp³-hybridized carbons (Fsp3) is 0.0508. The van der Waals surface area contributed by atoms with Gasteiger partial charge in [0.25, 0.3) is 0 Å². The summed E-state index contributed by atoms with van der Waals surface area (Å²) in [5.74, 6) is 0. The molecule has 0 saturated carbocycles. The molecule has 0 bridgehead atoms. The first kappa shape index (κ1) is 38.8. The van der Waals surface area contributed by atoms with Gasteiger partial charge in [0.2, 0.25) is 0 Å². The molecule has 1 N–H and O–H groups in total. The molecule has 8 aromatic carbocycles. The summed E-state index contributed by atoms with van der Waals surface area (Å²) in [7, 11) is 0. The Morgan fingerprint density at radius 3 is 1.77 bits per heavy atom. The number of allylic oxidation sites excluding steroid dienone is 8. The number of anilines is 4. The monoisotopic (exact) mass is 784 g/mol. The van der Waals surface area contributed by atoms with Crippen LogP contribution in [-0.4, -0.2) is 0 Å². The highest BCUT2D eigenvalue weighted by atomic mass is 15.1. The summed E-state index contributed by atoms with van der Waals surface area (Å²) >= 11 is 0. The van der Waals surface area contributed by atoms with Gasteiger partial charge in [0, 0.05) is 34.2 Å². The molecule has 294 valence electrons. The summed E-state index contributed by atoms with van der Waals surface area (Å²) in [5.41, 5.74) is 17.6. The second kappa shape index (κ2) is 18.1. The maximum Gasteiger partial charge on any atom is 0.0540 e. The van der Waals surface area contributed by atoms with Gasteiger partial charge in [-0.05, 0) is 123 Å². The standard InChI is InChI=1S/C59H48N2/c1-3-16-48(17-4-2)53-39-40-59(56-23-12-11-21-54(53)56)61(51-35-31-45(32-36-51)43-18-9-7-10-19-43)52-37-33-46(34-38-52)44-25-27-47(28-26-44)50-30-29-49-20-8-5-6-15-41-60-58-24-14-13-22-55(58)57(49)42-50/h3,5-42,60H,4H2,1-2H3/b6-5-,16-3-,20-8-,41-15+,48-17+. The molecule has 1 aliphatic rings. The molecule has 9 rings (SSSR count). The topological polar surface area (TPSA) is 15.3 Å². The Bertz CT molecular complexity index is 2940. The van der Waals surface area contributed by atoms with Gasteiger partial charge >= 0.3 is 0 Å². The Morgan fingerprint density at radius 1 is 0.508 bits per heavy atom. The first-order chi connectivity index (χ1) is 30.2. The van der Waals surface area contributed by atoms with Crippen LogP contribution in [0, 0.1) is 0 Å². The lowest BCUT2D eigenvalue weighted by atomic mass is 9.92. The van der Waals surface area contributed by atoms with Crippen molar-refractivity contribution in [2.24, 2.45) is 0 Å². The van der Waals surface area contributed by atoms with Crippen LogP contribution < -0.4 is 10.2 Å². The molecule has 1 heterocycles. The van der Waals surface area contributed by atoms with E-state index in [0.29, 0.717) is 0 Å². The zero-order chi connectivity index (χ0) is 41.4. The van der Waals surface area contributed by atoms with E-state index >= 15 is 0 Å². The molecule has 0 aliphatic carbocycles. The summed E-state index contributed by atoms with van der Waals surface area (Å²) in [6.45, 7) is 4.29. The van der Waals surface area contributed by atoms with Gasteiger partial charge in [-0.3, -0.25) is 0 Å². The molecule has 0 atom stereocenters. The van der Waals surface area contributed by atoms with E-state index < -0.39 is 0 Å². The number of nitrogens with zero attached hydrogens (tertiary/aromatic N) is 1. The van der Waals surface area contributed by atoms with Gasteiger partial charge < -0.3 is 10.2 Å². The van der Waals surface area contributed by atoms with Crippen molar-refractivity contribution in [1.29, 1.82) is 0 Å². The minimum absolute atomic E-state index is 0.972. The highest BCUT2D eigenvalue weighted by Crippen LogP contribution is 2.43. The van der Waals surface area contributed by atoms with E-state index in [1.165, 1.54) is 72.0 Å². The fourth-order valence-corrected chi connectivity index (χ4v) is 8.36. The molecule has 0 radical (unpaired) electrons. The Balaban J connectivity index is 1.07. The highest BCUT2D eigenvalue weighted by Gasteiger charge is 2.18. The number of fused-ring (bicyclic) bond motifs is 4. The largest absolute Gasteiger partial charge is 0.361 e. The van der Waals surface area contributed by atoms with Crippen LogP contribution in [0.1, 0.15) is 31.4 Å². The van der Waals surface area contributed by atoms with Gasteiger partial charge in [-0.15, -0.1) is 0 Å². The quantitative estimate of drug-likeness (QED) is 0.147. The Morgan fingerprint density at radius 2 is 1.08 bits per heavy atom. The molecular formula is C59H48N2. The number of para-hydroxylation sites is 1. The van der Waals surface area contributed by atoms with Crippen molar-refractivity contribution in [3.63, 3.8) is 0 Å². The normalized spacial score (nSPS) is 14.0. The summed E-state index contributed by atoms with van der Waals surface area (Å²) in [4.78, 5) is 2.40. The van der Waals surface area contributed by atoms with Gasteiger partial charge in [0.15, 0.2) is 0 Å². The van der Waals surface area contributed by atoms with E-state index in [4.69, 9.17) is 0 Å². The maximum absolute atomic E-state index is 3.48. The summed E-state index contributed by atoms with van der Waals surface area (Å²) < 4.78 is 0. The van der Waals surface area contributed by atoms with Crippen LogP contribution in [-0.2, 0) is 0 Å². The van der Waals surface area contributed by atoms with Gasteiger partial charge in [0.1, 0.15) is 0 Å². The average Bonchev–Trinajstić information content (AvgIpc) is 3.36. The van der Waals surface area contributed by atoms with Crippen molar-refractivity contribution in [3.05, 3.63) is 242 Å². The first-order valence-electron chi connectivity index (χ1n) is 21.2. The number of hydrogen-bond donors (Lipinski definition) is 1. The minimum Gasteiger partial charge on any atom is -0.361 e. The molecule has 0 aromatic heterocycles. The lowest BCUT2D eigenvalue weighted by Gasteiger charge is -2.28. The van der Waals surface area contributed by atoms with Crippen LogP contribution >= 0.6 is 0 Å². The van der Waals surface area contributed by atoms with Crippen LogP contribution in [0.15, 0.2) is 231 Å². The maximum atomic E-state index is 3.48. The summed E-state index contributed by atoms with van der Waals surface area (Å²) in [5, 5.41) is 5.92. The van der Waals surface area contributed by atoms with Crippen molar-refractivity contribution >= 4 is 45.2 Å². The molecule has 2 nitrogen and oxygen atoms in total. The molecular weight excluding hydrogens is 737 g/mol. The first-order valence-corrected chi connectivity index (χ1v) is 21.2. The Kier molecular flexibility index (Phi) is 11.5. The van der Waals surface area contributed by atoms with Crippen LogP contribution in [0.3, 0.4) is 0 Å². The summed E-state index contributed by atoms with van der Waals surface area (Å²) in [6.07, 6.45) is 20.0. The summed E-state index contributed by atoms with van der Waals surface area (Å²) in [6, 6.07) is 66.2. The minimum atomic E-state index is 0.972. The molecule has 0 amide bonds. The SMILES string of the molecule is C/C=C\C(=C/CC)c1ccc(N(c2ccc(-c3ccccc3)cc2)c2ccc(-c3ccc(-c4ccc5c(c4)-c4ccccc4N/C=C/C=C\C=C/5)cc3)cc2)c2ccccc12. The van der Waals surface area contributed by atoms with Crippen LogP contribution in [0.5, 0.6) is 0 Å². The number of nitrogens with one attached hydrogen (secondary N) is 1. The van der Waals surface area contributed by atoms with Crippen LogP contribution in [0.2, 0.25) is 0 Å². The van der Waals surface area contributed by atoms with Gasteiger partial charge in [-0.25, -0.2) is 0 Å². The fourth-order valence-electron chi connectivity index (χ4n) is 8.36. The number of hydrogen-bond acceptors (Lipinski definition) is 2. The second-order valence-electron chi connectivity index (χ2n) is 15.2. The molecule has 0 saturated heterocycles. The Hall–Kier alpha value is -7.68. The molecule has 0 unspecified atom stereocenters. The predicted octanol–water partition coefficient (Wildman–Crippen LogP) is 16.9. The van der Waals surface area contributed by atoms with Crippen molar-refractivity contribution in [3.8, 4) is 44.5 Å². The van der Waals surface area contributed by atoms with Crippen molar-refractivity contribution in [1.82, 2.24) is 0 Å². The van der Waals surface area contributed by atoms with Crippen molar-refractivity contribution in [2.45, 2.75) is 20.3 Å². The van der Waals surface area contributed by atoms with E-state index in [2.05, 4.69) is 243 Å². The average molecular weight is 785 g/mol. The smallest absolute Gasteiger partial charge is 0.0540 e. The molecule has 8 aromatic rings. The van der Waals surface area contributed by atoms with Crippen molar-refractivity contribution < 1.29 is 0 Å². The lowest BCUT2D eigenvalue weighted by molar-refractivity contribution is 1.23. The third-order valence-electron chi connectivity index (χ3n) is 11.3. The molecule has 0 spiro atoms. The van der Waals surface area contributed by atoms with E-state index in [9.17, 15) is 0 Å². The van der Waals surface area contributed by atoms with E-state index in [-0.39, 0.29) is 0 Å². The second-order valence-corrected chi connectivity index (χ2v) is 15.2. The zero-order valence-corrected chi connectivity index (χ0v) is 34.7. The molecule has 0 fully saturated rings. The third kappa shape index (κ3) is 8.30. The van der Waals surface area contributed by atoms with Crippen LogP contribution in [0.4, 0.5) is 22.7 Å². The number of benzene rings is 8. The predicted molar refractivity (Wildman–Crippen MR) is 264 cm³/mol. The highest BCUT2D eigenvalue weighted by molar-refractivity contribution is 6.05. The van der Waals surface area contributed by atoms with Crippen LogP contribution in [0.25, 0.3) is 66.9 Å². The molecule has 1 aliphatic heterocycles. The third-order valence-corrected chi connectivity index (χ3v) is 11.3. The van der Waals surface area contributed by atoms with Crippen molar-refractivity contribution in [2.75, 3.05) is 10.2 Å². The van der Waals surface area contributed by atoms with E-state index in [0.717, 1.165) is 29.2 Å². The van der Waals surface area contributed by atoms with Gasteiger partial charge in [-0.2, -0.15) is 0 Å². The molecule has 61 heavy (non-hydrogen) atoms. The van der Waals surface area contributed by atoms with E-state index in [1.807, 2.05) is 18.4 Å². The van der Waals surface area contributed by atoms with Gasteiger partial charge in [0.05, 0.1) is 5.69 Å².